The quantitative estimate of drug-likeness (QED) is 0.471. The molecule has 0 radical (unpaired) electrons. The van der Waals surface area contributed by atoms with E-state index >= 15 is 0 Å². The Morgan fingerprint density at radius 3 is 2.12 bits per heavy atom. The lowest BCUT2D eigenvalue weighted by Gasteiger charge is -2.36. The van der Waals surface area contributed by atoms with Crippen molar-refractivity contribution in [2.75, 3.05) is 0 Å². The number of rotatable bonds is 6. The van der Waals surface area contributed by atoms with Crippen molar-refractivity contribution in [3.63, 3.8) is 0 Å². The standard InChI is InChI=1S/C26H30FNO4/c1-17(28-23(29)15-20(16-24(28)30)18-8-6-5-7-9-18)14-22(25(31)32-26(2,3)4)19-10-12-21(27)13-11-19/h5-13,17,20,22H,14-16H2,1-4H3. The molecule has 6 heteroatoms. The summed E-state index contributed by atoms with van der Waals surface area (Å²) >= 11 is 0. The van der Waals surface area contributed by atoms with E-state index in [-0.39, 0.29) is 37.0 Å². The van der Waals surface area contributed by atoms with Crippen LogP contribution in [0.15, 0.2) is 54.6 Å². The number of halogens is 1. The maximum absolute atomic E-state index is 13.4. The van der Waals surface area contributed by atoms with E-state index in [0.717, 1.165) is 5.56 Å². The zero-order valence-corrected chi connectivity index (χ0v) is 19.0. The Kier molecular flexibility index (Phi) is 7.12. The molecule has 2 amide bonds. The number of likely N-dealkylation sites (tertiary alicyclic amines) is 1. The lowest BCUT2D eigenvalue weighted by atomic mass is 9.86. The van der Waals surface area contributed by atoms with Gasteiger partial charge in [-0.05, 0) is 57.4 Å². The maximum Gasteiger partial charge on any atom is 0.314 e. The molecular formula is C26H30FNO4. The van der Waals surface area contributed by atoms with E-state index in [9.17, 15) is 18.8 Å². The van der Waals surface area contributed by atoms with Gasteiger partial charge in [0, 0.05) is 24.8 Å². The van der Waals surface area contributed by atoms with Crippen molar-refractivity contribution in [3.05, 3.63) is 71.5 Å². The third kappa shape index (κ3) is 5.81. The molecule has 0 N–H and O–H groups in total. The Morgan fingerprint density at radius 2 is 1.59 bits per heavy atom. The molecule has 1 saturated heterocycles. The zero-order chi connectivity index (χ0) is 23.5. The number of hydrogen-bond donors (Lipinski definition) is 0. The van der Waals surface area contributed by atoms with E-state index in [1.807, 2.05) is 30.3 Å². The summed E-state index contributed by atoms with van der Waals surface area (Å²) in [5.41, 5.74) is 0.865. The molecule has 170 valence electrons. The molecule has 0 saturated carbocycles. The monoisotopic (exact) mass is 439 g/mol. The highest BCUT2D eigenvalue weighted by atomic mass is 19.1. The van der Waals surface area contributed by atoms with Crippen LogP contribution in [0.4, 0.5) is 4.39 Å². The molecule has 1 aliphatic heterocycles. The Balaban J connectivity index is 1.78. The first-order valence-electron chi connectivity index (χ1n) is 10.9. The summed E-state index contributed by atoms with van der Waals surface area (Å²) in [5.74, 6) is -2.22. The fourth-order valence-corrected chi connectivity index (χ4v) is 4.16. The molecule has 0 aromatic heterocycles. The van der Waals surface area contributed by atoms with Crippen molar-refractivity contribution >= 4 is 17.8 Å². The summed E-state index contributed by atoms with van der Waals surface area (Å²) in [4.78, 5) is 40.1. The molecule has 2 atom stereocenters. The number of ether oxygens (including phenoxy) is 1. The van der Waals surface area contributed by atoms with Crippen LogP contribution in [0.5, 0.6) is 0 Å². The summed E-state index contributed by atoms with van der Waals surface area (Å²) in [6.07, 6.45) is 0.690. The fourth-order valence-electron chi connectivity index (χ4n) is 4.16. The molecular weight excluding hydrogens is 409 g/mol. The fraction of sp³-hybridized carbons (Fsp3) is 0.423. The van der Waals surface area contributed by atoms with Crippen LogP contribution in [0.1, 0.15) is 69.9 Å². The number of hydrogen-bond acceptors (Lipinski definition) is 4. The molecule has 5 nitrogen and oxygen atoms in total. The first kappa shape index (κ1) is 23.6. The molecule has 0 spiro atoms. The molecule has 0 aliphatic carbocycles. The second kappa shape index (κ2) is 9.63. The van der Waals surface area contributed by atoms with E-state index < -0.39 is 29.3 Å². The van der Waals surface area contributed by atoms with Crippen LogP contribution < -0.4 is 0 Å². The van der Waals surface area contributed by atoms with Gasteiger partial charge in [0.05, 0.1) is 5.92 Å². The number of nitrogens with zero attached hydrogens (tertiary/aromatic N) is 1. The van der Waals surface area contributed by atoms with Gasteiger partial charge in [0.1, 0.15) is 11.4 Å². The number of benzene rings is 2. The summed E-state index contributed by atoms with van der Waals surface area (Å²) in [7, 11) is 0. The molecule has 2 aromatic rings. The molecule has 3 rings (SSSR count). The number of carbonyl (C=O) groups excluding carboxylic acids is 3. The third-order valence-electron chi connectivity index (χ3n) is 5.63. The number of carbonyl (C=O) groups is 3. The minimum atomic E-state index is -0.725. The summed E-state index contributed by atoms with van der Waals surface area (Å²) in [6.45, 7) is 7.09. The predicted molar refractivity (Wildman–Crippen MR) is 119 cm³/mol. The van der Waals surface area contributed by atoms with E-state index in [2.05, 4.69) is 0 Å². The van der Waals surface area contributed by atoms with Crippen LogP contribution in [0.2, 0.25) is 0 Å². The van der Waals surface area contributed by atoms with Crippen molar-refractivity contribution < 1.29 is 23.5 Å². The molecule has 2 unspecified atom stereocenters. The van der Waals surface area contributed by atoms with Gasteiger partial charge in [0.2, 0.25) is 11.8 Å². The largest absolute Gasteiger partial charge is 0.459 e. The van der Waals surface area contributed by atoms with E-state index in [0.29, 0.717) is 5.56 Å². The highest BCUT2D eigenvalue weighted by molar-refractivity contribution is 5.99. The highest BCUT2D eigenvalue weighted by Crippen LogP contribution is 2.33. The molecule has 1 aliphatic rings. The maximum atomic E-state index is 13.4. The lowest BCUT2D eigenvalue weighted by molar-refractivity contribution is -0.159. The van der Waals surface area contributed by atoms with Gasteiger partial charge in [-0.25, -0.2) is 4.39 Å². The Labute approximate surface area is 188 Å². The molecule has 32 heavy (non-hydrogen) atoms. The summed E-state index contributed by atoms with van der Waals surface area (Å²) in [5, 5.41) is 0. The second-order valence-electron chi connectivity index (χ2n) is 9.40. The van der Waals surface area contributed by atoms with Gasteiger partial charge >= 0.3 is 5.97 Å². The third-order valence-corrected chi connectivity index (χ3v) is 5.63. The van der Waals surface area contributed by atoms with Crippen molar-refractivity contribution in [2.45, 2.75) is 70.4 Å². The van der Waals surface area contributed by atoms with Crippen LogP contribution in [-0.2, 0) is 19.1 Å². The Hall–Kier alpha value is -3.02. The van der Waals surface area contributed by atoms with Crippen LogP contribution >= 0.6 is 0 Å². The van der Waals surface area contributed by atoms with Crippen LogP contribution in [0, 0.1) is 5.82 Å². The van der Waals surface area contributed by atoms with Gasteiger partial charge in [0.25, 0.3) is 0 Å². The van der Waals surface area contributed by atoms with Crippen molar-refractivity contribution in [3.8, 4) is 0 Å². The average molecular weight is 440 g/mol. The van der Waals surface area contributed by atoms with Crippen molar-refractivity contribution in [1.29, 1.82) is 0 Å². The first-order chi connectivity index (χ1) is 15.0. The Morgan fingerprint density at radius 1 is 1.03 bits per heavy atom. The van der Waals surface area contributed by atoms with Crippen LogP contribution in [-0.4, -0.2) is 34.3 Å². The minimum Gasteiger partial charge on any atom is -0.459 e. The van der Waals surface area contributed by atoms with Gasteiger partial charge < -0.3 is 4.74 Å². The second-order valence-corrected chi connectivity index (χ2v) is 9.40. The molecule has 0 bridgehead atoms. The minimum absolute atomic E-state index is 0.140. The van der Waals surface area contributed by atoms with Gasteiger partial charge in [-0.2, -0.15) is 0 Å². The Bertz CT molecular complexity index is 948. The van der Waals surface area contributed by atoms with E-state index in [4.69, 9.17) is 4.74 Å². The topological polar surface area (TPSA) is 63.7 Å². The van der Waals surface area contributed by atoms with Crippen LogP contribution in [0.25, 0.3) is 0 Å². The number of piperidine rings is 1. The number of imide groups is 1. The molecule has 1 fully saturated rings. The first-order valence-corrected chi connectivity index (χ1v) is 10.9. The predicted octanol–water partition coefficient (Wildman–Crippen LogP) is 4.96. The summed E-state index contributed by atoms with van der Waals surface area (Å²) < 4.78 is 19.0. The SMILES string of the molecule is CC(CC(C(=O)OC(C)(C)C)c1ccc(F)cc1)N1C(=O)CC(c2ccccc2)CC1=O. The smallest absolute Gasteiger partial charge is 0.314 e. The number of amides is 2. The highest BCUT2D eigenvalue weighted by Gasteiger charge is 2.38. The van der Waals surface area contributed by atoms with E-state index in [1.165, 1.54) is 17.0 Å². The van der Waals surface area contributed by atoms with Crippen molar-refractivity contribution in [2.24, 2.45) is 0 Å². The average Bonchev–Trinajstić information content (AvgIpc) is 2.71. The van der Waals surface area contributed by atoms with Gasteiger partial charge in [-0.1, -0.05) is 42.5 Å². The van der Waals surface area contributed by atoms with Crippen LogP contribution in [0.3, 0.4) is 0 Å². The van der Waals surface area contributed by atoms with Gasteiger partial charge in [-0.15, -0.1) is 0 Å². The lowest BCUT2D eigenvalue weighted by Crippen LogP contribution is -2.48. The number of esters is 1. The van der Waals surface area contributed by atoms with Gasteiger partial charge in [0.15, 0.2) is 0 Å². The normalized spacial score (nSPS) is 17.2. The van der Waals surface area contributed by atoms with Gasteiger partial charge in [-0.3, -0.25) is 19.3 Å². The van der Waals surface area contributed by atoms with E-state index in [1.54, 1.807) is 39.8 Å². The summed E-state index contributed by atoms with van der Waals surface area (Å²) in [6, 6.07) is 14.7. The molecule has 2 aromatic carbocycles. The zero-order valence-electron chi connectivity index (χ0n) is 19.0. The molecule has 1 heterocycles. The van der Waals surface area contributed by atoms with Crippen molar-refractivity contribution in [1.82, 2.24) is 4.90 Å².